The van der Waals surface area contributed by atoms with Crippen molar-refractivity contribution in [3.63, 3.8) is 0 Å². The van der Waals surface area contributed by atoms with Gasteiger partial charge in [-0.25, -0.2) is 0 Å². The van der Waals surface area contributed by atoms with Crippen molar-refractivity contribution >= 4 is 22.6 Å². The second-order valence-corrected chi connectivity index (χ2v) is 2.34. The molecule has 0 N–H and O–H groups in total. The van der Waals surface area contributed by atoms with Gasteiger partial charge in [-0.2, -0.15) is 0 Å². The fourth-order valence-corrected chi connectivity index (χ4v) is 0.734. The lowest BCUT2D eigenvalue weighted by Gasteiger charge is -1.85. The minimum absolute atomic E-state index is 0.00290. The first-order chi connectivity index (χ1) is 5.11. The van der Waals surface area contributed by atoms with Gasteiger partial charge in [0.15, 0.2) is 17.3 Å². The number of furan rings is 1. The van der Waals surface area contributed by atoms with Crippen LogP contribution in [0.1, 0.15) is 28.0 Å². The van der Waals surface area contributed by atoms with Crippen LogP contribution < -0.4 is 0 Å². The normalized spacial score (nSPS) is 9.64. The van der Waals surface area contributed by atoms with Gasteiger partial charge in [-0.15, -0.1) is 0 Å². The summed E-state index contributed by atoms with van der Waals surface area (Å²) in [5, 5.41) is -0.697. The Hall–Kier alpha value is -1.09. The Morgan fingerprint density at radius 2 is 1.91 bits per heavy atom. The van der Waals surface area contributed by atoms with E-state index in [2.05, 4.69) is 0 Å². The van der Waals surface area contributed by atoms with E-state index in [-0.39, 0.29) is 17.3 Å². The highest BCUT2D eigenvalue weighted by atomic mass is 35.5. The lowest BCUT2D eigenvalue weighted by Crippen LogP contribution is -1.87. The van der Waals surface area contributed by atoms with Crippen molar-refractivity contribution in [2.24, 2.45) is 0 Å². The molecule has 0 aliphatic heterocycles. The summed E-state index contributed by atoms with van der Waals surface area (Å²) in [6, 6.07) is 2.78. The molecule has 4 heteroatoms. The van der Waals surface area contributed by atoms with Crippen LogP contribution in [0.2, 0.25) is 0 Å². The van der Waals surface area contributed by atoms with Crippen molar-refractivity contribution in [2.75, 3.05) is 0 Å². The molecule has 0 aliphatic rings. The highest BCUT2D eigenvalue weighted by molar-refractivity contribution is 6.67. The summed E-state index contributed by atoms with van der Waals surface area (Å²) in [5.41, 5.74) is 0. The van der Waals surface area contributed by atoms with E-state index >= 15 is 0 Å². The molecule has 0 bridgehead atoms. The number of carbonyl (C=O) groups excluding carboxylic acids is 2. The average Bonchev–Trinajstić information content (AvgIpc) is 2.33. The van der Waals surface area contributed by atoms with Gasteiger partial charge in [-0.05, 0) is 23.7 Å². The van der Waals surface area contributed by atoms with E-state index in [0.29, 0.717) is 0 Å². The summed E-state index contributed by atoms with van der Waals surface area (Å²) in [6.07, 6.45) is 0. The number of ketones is 1. The molecular weight excluding hydrogens is 168 g/mol. The van der Waals surface area contributed by atoms with Crippen LogP contribution in [-0.4, -0.2) is 11.0 Å². The number of carbonyl (C=O) groups is 2. The summed E-state index contributed by atoms with van der Waals surface area (Å²) in [5.74, 6) is -0.0833. The first-order valence-corrected chi connectivity index (χ1v) is 3.29. The summed E-state index contributed by atoms with van der Waals surface area (Å²) in [6.45, 7) is 1.35. The predicted molar refractivity (Wildman–Crippen MR) is 38.9 cm³/mol. The van der Waals surface area contributed by atoms with Gasteiger partial charge in [0.25, 0.3) is 5.24 Å². The quantitative estimate of drug-likeness (QED) is 0.505. The highest BCUT2D eigenvalue weighted by Gasteiger charge is 2.09. The SMILES string of the molecule is CC(=O)c1ccc(C(=O)Cl)o1. The molecule has 1 rings (SSSR count). The number of hydrogen-bond acceptors (Lipinski definition) is 3. The number of Topliss-reactive ketones (excluding diaryl/α,β-unsaturated/α-hetero) is 1. The van der Waals surface area contributed by atoms with Gasteiger partial charge in [0.2, 0.25) is 0 Å². The van der Waals surface area contributed by atoms with Crippen LogP contribution in [-0.2, 0) is 0 Å². The third kappa shape index (κ3) is 1.68. The third-order valence-corrected chi connectivity index (χ3v) is 1.33. The van der Waals surface area contributed by atoms with Crippen LogP contribution in [0.15, 0.2) is 16.5 Å². The monoisotopic (exact) mass is 172 g/mol. The molecule has 0 fully saturated rings. The zero-order chi connectivity index (χ0) is 8.43. The molecule has 58 valence electrons. The van der Waals surface area contributed by atoms with Crippen molar-refractivity contribution < 1.29 is 14.0 Å². The molecule has 0 spiro atoms. The van der Waals surface area contributed by atoms with Gasteiger partial charge < -0.3 is 4.42 Å². The standard InChI is InChI=1S/C7H5ClO3/c1-4(9)5-2-3-6(11-5)7(8)10/h2-3H,1H3. The molecule has 0 aromatic carbocycles. The average molecular weight is 173 g/mol. The minimum atomic E-state index is -0.697. The Balaban J connectivity index is 2.99. The largest absolute Gasteiger partial charge is 0.449 e. The molecule has 1 heterocycles. The fourth-order valence-electron chi connectivity index (χ4n) is 0.633. The zero-order valence-electron chi connectivity index (χ0n) is 5.76. The lowest BCUT2D eigenvalue weighted by molar-refractivity contribution is 0.0980. The summed E-state index contributed by atoms with van der Waals surface area (Å²) in [7, 11) is 0. The van der Waals surface area contributed by atoms with E-state index in [0.717, 1.165) is 0 Å². The van der Waals surface area contributed by atoms with Gasteiger partial charge in [0.1, 0.15) is 0 Å². The van der Waals surface area contributed by atoms with E-state index in [9.17, 15) is 9.59 Å². The summed E-state index contributed by atoms with van der Waals surface area (Å²) in [4.78, 5) is 21.1. The van der Waals surface area contributed by atoms with Crippen LogP contribution in [0.3, 0.4) is 0 Å². The van der Waals surface area contributed by atoms with Gasteiger partial charge in [0, 0.05) is 6.92 Å². The molecule has 0 aliphatic carbocycles. The maximum absolute atomic E-state index is 10.6. The van der Waals surface area contributed by atoms with Crippen molar-refractivity contribution in [1.82, 2.24) is 0 Å². The number of rotatable bonds is 2. The number of hydrogen-bond donors (Lipinski definition) is 0. The molecule has 0 amide bonds. The molecule has 0 radical (unpaired) electrons. The Labute approximate surface area is 67.9 Å². The topological polar surface area (TPSA) is 47.3 Å². The molecule has 0 saturated carbocycles. The first-order valence-electron chi connectivity index (χ1n) is 2.92. The van der Waals surface area contributed by atoms with Crippen molar-refractivity contribution in [3.05, 3.63) is 23.7 Å². The van der Waals surface area contributed by atoms with Crippen LogP contribution in [0, 0.1) is 0 Å². The van der Waals surface area contributed by atoms with E-state index in [4.69, 9.17) is 16.0 Å². The molecule has 0 saturated heterocycles. The van der Waals surface area contributed by atoms with Gasteiger partial charge in [-0.1, -0.05) is 0 Å². The second kappa shape index (κ2) is 2.88. The van der Waals surface area contributed by atoms with E-state index < -0.39 is 5.24 Å². The molecule has 11 heavy (non-hydrogen) atoms. The molecule has 0 unspecified atom stereocenters. The van der Waals surface area contributed by atoms with Crippen LogP contribution in [0.5, 0.6) is 0 Å². The van der Waals surface area contributed by atoms with Gasteiger partial charge >= 0.3 is 0 Å². The molecule has 1 aromatic rings. The Morgan fingerprint density at radius 1 is 1.36 bits per heavy atom. The van der Waals surface area contributed by atoms with E-state index in [1.54, 1.807) is 0 Å². The number of halogens is 1. The smallest absolute Gasteiger partial charge is 0.287 e. The zero-order valence-corrected chi connectivity index (χ0v) is 6.51. The van der Waals surface area contributed by atoms with Crippen LogP contribution >= 0.6 is 11.6 Å². The molecule has 0 atom stereocenters. The predicted octanol–water partition coefficient (Wildman–Crippen LogP) is 1.86. The second-order valence-electron chi connectivity index (χ2n) is 1.99. The van der Waals surface area contributed by atoms with Gasteiger partial charge in [0.05, 0.1) is 0 Å². The van der Waals surface area contributed by atoms with E-state index in [1.165, 1.54) is 19.1 Å². The van der Waals surface area contributed by atoms with E-state index in [1.807, 2.05) is 0 Å². The minimum Gasteiger partial charge on any atom is -0.449 e. The molecule has 3 nitrogen and oxygen atoms in total. The maximum Gasteiger partial charge on any atom is 0.287 e. The maximum atomic E-state index is 10.6. The Kier molecular flexibility index (Phi) is 2.10. The lowest BCUT2D eigenvalue weighted by atomic mass is 10.3. The highest BCUT2D eigenvalue weighted by Crippen LogP contribution is 2.10. The Morgan fingerprint density at radius 3 is 2.18 bits per heavy atom. The van der Waals surface area contributed by atoms with Crippen molar-refractivity contribution in [3.8, 4) is 0 Å². The van der Waals surface area contributed by atoms with Crippen LogP contribution in [0.25, 0.3) is 0 Å². The third-order valence-electron chi connectivity index (χ3n) is 1.15. The van der Waals surface area contributed by atoms with Crippen molar-refractivity contribution in [2.45, 2.75) is 6.92 Å². The molecular formula is C7H5ClO3. The summed E-state index contributed by atoms with van der Waals surface area (Å²) >= 11 is 5.08. The first kappa shape index (κ1) is 8.01. The fraction of sp³-hybridized carbons (Fsp3) is 0.143. The molecule has 1 aromatic heterocycles. The summed E-state index contributed by atoms with van der Waals surface area (Å²) < 4.78 is 4.78. The van der Waals surface area contributed by atoms with Crippen LogP contribution in [0.4, 0.5) is 0 Å². The Bertz CT molecular complexity index is 272. The van der Waals surface area contributed by atoms with Crippen molar-refractivity contribution in [1.29, 1.82) is 0 Å². The van der Waals surface area contributed by atoms with Gasteiger partial charge in [-0.3, -0.25) is 9.59 Å².